The summed E-state index contributed by atoms with van der Waals surface area (Å²) >= 11 is 0. The standard InChI is InChI=1S/C20H19NO4/c1-15-4-2-5-18(12-15)23-10-3-11-24-20(22)17-8-6-16(7-9-17)19-13-21-14-25-19/h2,4-9,12-14H,3,10-11H2,1H3. The van der Waals surface area contributed by atoms with E-state index in [-0.39, 0.29) is 5.97 Å². The van der Waals surface area contributed by atoms with Gasteiger partial charge in [0.2, 0.25) is 0 Å². The highest BCUT2D eigenvalue weighted by atomic mass is 16.5. The van der Waals surface area contributed by atoms with E-state index in [9.17, 15) is 4.79 Å². The molecular formula is C20H19NO4. The van der Waals surface area contributed by atoms with Crippen LogP contribution in [0.3, 0.4) is 0 Å². The molecule has 5 heteroatoms. The van der Waals surface area contributed by atoms with E-state index < -0.39 is 0 Å². The van der Waals surface area contributed by atoms with Gasteiger partial charge in [-0.15, -0.1) is 0 Å². The van der Waals surface area contributed by atoms with Crippen molar-refractivity contribution in [3.05, 3.63) is 72.2 Å². The number of rotatable bonds is 7. The number of carbonyl (C=O) groups is 1. The number of esters is 1. The zero-order chi connectivity index (χ0) is 17.5. The number of nitrogens with zero attached hydrogens (tertiary/aromatic N) is 1. The summed E-state index contributed by atoms with van der Waals surface area (Å²) in [6.07, 6.45) is 3.63. The largest absolute Gasteiger partial charge is 0.493 e. The van der Waals surface area contributed by atoms with E-state index >= 15 is 0 Å². The summed E-state index contributed by atoms with van der Waals surface area (Å²) in [5, 5.41) is 0. The Morgan fingerprint density at radius 3 is 2.68 bits per heavy atom. The predicted molar refractivity (Wildman–Crippen MR) is 93.5 cm³/mol. The van der Waals surface area contributed by atoms with Crippen LogP contribution < -0.4 is 4.74 Å². The summed E-state index contributed by atoms with van der Waals surface area (Å²) in [6, 6.07) is 14.9. The Hall–Kier alpha value is -3.08. The monoisotopic (exact) mass is 337 g/mol. The van der Waals surface area contributed by atoms with Crippen molar-refractivity contribution in [1.29, 1.82) is 0 Å². The number of aryl methyl sites for hydroxylation is 1. The number of oxazole rings is 1. The Bertz CT molecular complexity index is 810. The zero-order valence-corrected chi connectivity index (χ0v) is 14.0. The highest BCUT2D eigenvalue weighted by Gasteiger charge is 2.08. The van der Waals surface area contributed by atoms with Crippen LogP contribution in [0.15, 0.2) is 65.5 Å². The maximum atomic E-state index is 12.0. The first-order valence-electron chi connectivity index (χ1n) is 8.08. The van der Waals surface area contributed by atoms with Crippen LogP contribution in [0.4, 0.5) is 0 Å². The Morgan fingerprint density at radius 1 is 1.12 bits per heavy atom. The smallest absolute Gasteiger partial charge is 0.338 e. The van der Waals surface area contributed by atoms with Gasteiger partial charge in [-0.3, -0.25) is 0 Å². The molecule has 0 fully saturated rings. The molecule has 0 atom stereocenters. The van der Waals surface area contributed by atoms with Crippen molar-refractivity contribution >= 4 is 5.97 Å². The Labute approximate surface area is 146 Å². The van der Waals surface area contributed by atoms with E-state index in [1.54, 1.807) is 30.5 Å². The molecule has 0 saturated carbocycles. The molecule has 5 nitrogen and oxygen atoms in total. The molecule has 25 heavy (non-hydrogen) atoms. The van der Waals surface area contributed by atoms with E-state index in [1.807, 2.05) is 31.2 Å². The Morgan fingerprint density at radius 2 is 1.96 bits per heavy atom. The average molecular weight is 337 g/mol. The van der Waals surface area contributed by atoms with Gasteiger partial charge in [-0.05, 0) is 36.8 Å². The van der Waals surface area contributed by atoms with Crippen LogP contribution in [-0.2, 0) is 4.74 Å². The van der Waals surface area contributed by atoms with Gasteiger partial charge < -0.3 is 13.9 Å². The quantitative estimate of drug-likeness (QED) is 0.476. The minimum Gasteiger partial charge on any atom is -0.493 e. The Kier molecular flexibility index (Phi) is 5.46. The lowest BCUT2D eigenvalue weighted by atomic mass is 10.1. The fourth-order valence-corrected chi connectivity index (χ4v) is 2.33. The van der Waals surface area contributed by atoms with E-state index in [0.717, 1.165) is 16.9 Å². The minimum atomic E-state index is -0.348. The molecule has 0 amide bonds. The molecule has 0 radical (unpaired) electrons. The van der Waals surface area contributed by atoms with Crippen LogP contribution in [-0.4, -0.2) is 24.2 Å². The number of carbonyl (C=O) groups excluding carboxylic acids is 1. The second-order valence-corrected chi connectivity index (χ2v) is 5.60. The van der Waals surface area contributed by atoms with Crippen LogP contribution in [0.25, 0.3) is 11.3 Å². The number of ether oxygens (including phenoxy) is 2. The van der Waals surface area contributed by atoms with E-state index in [4.69, 9.17) is 13.9 Å². The molecule has 0 N–H and O–H groups in total. The molecule has 0 saturated heterocycles. The van der Waals surface area contributed by atoms with Gasteiger partial charge in [-0.25, -0.2) is 9.78 Å². The van der Waals surface area contributed by atoms with E-state index in [2.05, 4.69) is 4.98 Å². The summed E-state index contributed by atoms with van der Waals surface area (Å²) < 4.78 is 16.1. The van der Waals surface area contributed by atoms with E-state index in [0.29, 0.717) is 31.0 Å². The molecule has 2 aromatic carbocycles. The Balaban J connectivity index is 1.42. The van der Waals surface area contributed by atoms with Crippen LogP contribution >= 0.6 is 0 Å². The molecule has 3 aromatic rings. The second-order valence-electron chi connectivity index (χ2n) is 5.60. The van der Waals surface area contributed by atoms with Gasteiger partial charge >= 0.3 is 5.97 Å². The number of aromatic nitrogens is 1. The fraction of sp³-hybridized carbons (Fsp3) is 0.200. The summed E-state index contributed by atoms with van der Waals surface area (Å²) in [6.45, 7) is 2.83. The maximum Gasteiger partial charge on any atom is 0.338 e. The lowest BCUT2D eigenvalue weighted by Gasteiger charge is -2.08. The van der Waals surface area contributed by atoms with Gasteiger partial charge in [-0.1, -0.05) is 24.3 Å². The topological polar surface area (TPSA) is 61.6 Å². The van der Waals surface area contributed by atoms with Crippen molar-refractivity contribution in [2.24, 2.45) is 0 Å². The molecule has 0 bridgehead atoms. The van der Waals surface area contributed by atoms with Gasteiger partial charge in [0.05, 0.1) is 25.0 Å². The first-order valence-corrected chi connectivity index (χ1v) is 8.08. The summed E-state index contributed by atoms with van der Waals surface area (Å²) in [5.74, 6) is 1.14. The minimum absolute atomic E-state index is 0.314. The van der Waals surface area contributed by atoms with Gasteiger partial charge in [0.25, 0.3) is 0 Å². The van der Waals surface area contributed by atoms with Crippen LogP contribution in [0, 0.1) is 6.92 Å². The SMILES string of the molecule is Cc1cccc(OCCCOC(=O)c2ccc(-c3cnco3)cc2)c1. The molecule has 0 spiro atoms. The average Bonchev–Trinajstić information content (AvgIpc) is 3.16. The van der Waals surface area contributed by atoms with E-state index in [1.165, 1.54) is 6.39 Å². The maximum absolute atomic E-state index is 12.0. The molecule has 128 valence electrons. The van der Waals surface area contributed by atoms with Crippen molar-refractivity contribution in [3.8, 4) is 17.1 Å². The first-order chi connectivity index (χ1) is 12.2. The molecular weight excluding hydrogens is 318 g/mol. The molecule has 3 rings (SSSR count). The zero-order valence-electron chi connectivity index (χ0n) is 14.0. The van der Waals surface area contributed by atoms with Gasteiger partial charge in [0.15, 0.2) is 12.2 Å². The van der Waals surface area contributed by atoms with Crippen molar-refractivity contribution in [2.75, 3.05) is 13.2 Å². The molecule has 1 aromatic heterocycles. The number of hydrogen-bond acceptors (Lipinski definition) is 5. The molecule has 1 heterocycles. The lowest BCUT2D eigenvalue weighted by Crippen LogP contribution is -2.09. The predicted octanol–water partition coefficient (Wildman–Crippen LogP) is 4.28. The summed E-state index contributed by atoms with van der Waals surface area (Å²) in [5.41, 5.74) is 2.51. The van der Waals surface area contributed by atoms with Crippen LogP contribution in [0.5, 0.6) is 5.75 Å². The fourth-order valence-electron chi connectivity index (χ4n) is 2.33. The highest BCUT2D eigenvalue weighted by molar-refractivity contribution is 5.89. The third-order valence-electron chi connectivity index (χ3n) is 3.62. The third kappa shape index (κ3) is 4.70. The third-order valence-corrected chi connectivity index (χ3v) is 3.62. The lowest BCUT2D eigenvalue weighted by molar-refractivity contribution is 0.0486. The normalized spacial score (nSPS) is 10.4. The molecule has 0 aliphatic heterocycles. The summed E-state index contributed by atoms with van der Waals surface area (Å²) in [7, 11) is 0. The highest BCUT2D eigenvalue weighted by Crippen LogP contribution is 2.19. The molecule has 0 aliphatic rings. The number of benzene rings is 2. The number of hydrogen-bond donors (Lipinski definition) is 0. The van der Waals surface area contributed by atoms with Crippen LogP contribution in [0.1, 0.15) is 22.3 Å². The molecule has 0 aliphatic carbocycles. The first kappa shape index (κ1) is 16.8. The van der Waals surface area contributed by atoms with Gasteiger partial charge in [0, 0.05) is 12.0 Å². The second kappa shape index (κ2) is 8.15. The van der Waals surface area contributed by atoms with Gasteiger partial charge in [0.1, 0.15) is 5.75 Å². The summed E-state index contributed by atoms with van der Waals surface area (Å²) in [4.78, 5) is 15.9. The van der Waals surface area contributed by atoms with Gasteiger partial charge in [-0.2, -0.15) is 0 Å². The van der Waals surface area contributed by atoms with Crippen molar-refractivity contribution < 1.29 is 18.7 Å². The van der Waals surface area contributed by atoms with Crippen molar-refractivity contribution in [1.82, 2.24) is 4.98 Å². The van der Waals surface area contributed by atoms with Crippen molar-refractivity contribution in [2.45, 2.75) is 13.3 Å². The van der Waals surface area contributed by atoms with Crippen LogP contribution in [0.2, 0.25) is 0 Å². The van der Waals surface area contributed by atoms with Crippen molar-refractivity contribution in [3.63, 3.8) is 0 Å². The molecule has 0 unspecified atom stereocenters.